The summed E-state index contributed by atoms with van der Waals surface area (Å²) >= 11 is 6.04. The van der Waals surface area contributed by atoms with Gasteiger partial charge in [-0.3, -0.25) is 9.59 Å². The van der Waals surface area contributed by atoms with Gasteiger partial charge < -0.3 is 15.7 Å². The summed E-state index contributed by atoms with van der Waals surface area (Å²) in [5, 5.41) is 14.7. The standard InChI is InChI=1S/C16H19ClN2O4/c1-9(2)13(20)18-10-4-5-12(17)11(8-10)14(21)19-16(15(22)23)6-3-7-16/h4-5,8-9H,3,6-7H2,1-2H3,(H,18,20)(H,19,21)(H,22,23). The first-order valence-electron chi connectivity index (χ1n) is 7.41. The van der Waals surface area contributed by atoms with Gasteiger partial charge in [-0.1, -0.05) is 25.4 Å². The van der Waals surface area contributed by atoms with E-state index in [1.807, 2.05) is 0 Å². The Labute approximate surface area is 139 Å². The van der Waals surface area contributed by atoms with Crippen molar-refractivity contribution in [1.82, 2.24) is 5.32 Å². The summed E-state index contributed by atoms with van der Waals surface area (Å²) in [4.78, 5) is 35.4. The van der Waals surface area contributed by atoms with Gasteiger partial charge in [-0.25, -0.2) is 4.79 Å². The first-order chi connectivity index (χ1) is 10.7. The predicted molar refractivity (Wildman–Crippen MR) is 86.6 cm³/mol. The number of carboxylic acid groups (broad SMARTS) is 1. The third kappa shape index (κ3) is 3.64. The number of hydrogen-bond donors (Lipinski definition) is 3. The second kappa shape index (κ2) is 6.58. The summed E-state index contributed by atoms with van der Waals surface area (Å²) in [5.74, 6) is -1.98. The number of carbonyl (C=O) groups excluding carboxylic acids is 2. The zero-order valence-corrected chi connectivity index (χ0v) is 13.7. The van der Waals surface area contributed by atoms with Gasteiger partial charge in [0.25, 0.3) is 5.91 Å². The number of carbonyl (C=O) groups is 3. The number of aliphatic carboxylic acids is 1. The second-order valence-electron chi connectivity index (χ2n) is 6.03. The molecule has 1 saturated carbocycles. The highest BCUT2D eigenvalue weighted by Gasteiger charge is 2.45. The lowest BCUT2D eigenvalue weighted by molar-refractivity contribution is -0.148. The number of rotatable bonds is 5. The maximum absolute atomic E-state index is 12.4. The fraction of sp³-hybridized carbons (Fsp3) is 0.438. The Morgan fingerprint density at radius 3 is 2.39 bits per heavy atom. The quantitative estimate of drug-likeness (QED) is 0.769. The highest BCUT2D eigenvalue weighted by Crippen LogP contribution is 2.33. The molecule has 0 bridgehead atoms. The minimum atomic E-state index is -1.21. The average Bonchev–Trinajstić information content (AvgIpc) is 2.44. The summed E-state index contributed by atoms with van der Waals surface area (Å²) < 4.78 is 0. The van der Waals surface area contributed by atoms with E-state index in [2.05, 4.69) is 10.6 Å². The van der Waals surface area contributed by atoms with Crippen molar-refractivity contribution in [3.05, 3.63) is 28.8 Å². The van der Waals surface area contributed by atoms with Gasteiger partial charge in [0.15, 0.2) is 0 Å². The van der Waals surface area contributed by atoms with Crippen molar-refractivity contribution in [2.24, 2.45) is 5.92 Å². The van der Waals surface area contributed by atoms with Crippen LogP contribution in [-0.4, -0.2) is 28.4 Å². The molecular formula is C16H19ClN2O4. The van der Waals surface area contributed by atoms with Crippen LogP contribution in [0.3, 0.4) is 0 Å². The summed E-state index contributed by atoms with van der Waals surface area (Å²) in [6.07, 6.45) is 1.55. The molecule has 0 atom stereocenters. The lowest BCUT2D eigenvalue weighted by atomic mass is 9.76. The average molecular weight is 339 g/mol. The molecule has 2 amide bonds. The zero-order valence-electron chi connectivity index (χ0n) is 13.0. The van der Waals surface area contributed by atoms with E-state index < -0.39 is 17.4 Å². The van der Waals surface area contributed by atoms with E-state index >= 15 is 0 Å². The van der Waals surface area contributed by atoms with Gasteiger partial charge in [-0.2, -0.15) is 0 Å². The lowest BCUT2D eigenvalue weighted by Crippen LogP contribution is -2.59. The Kier molecular flexibility index (Phi) is 4.94. The van der Waals surface area contributed by atoms with Gasteiger partial charge >= 0.3 is 5.97 Å². The van der Waals surface area contributed by atoms with Crippen LogP contribution in [0.5, 0.6) is 0 Å². The molecule has 1 fully saturated rings. The minimum Gasteiger partial charge on any atom is -0.480 e. The van der Waals surface area contributed by atoms with E-state index in [-0.39, 0.29) is 22.4 Å². The summed E-state index contributed by atoms with van der Waals surface area (Å²) in [5.41, 5.74) is -0.630. The predicted octanol–water partition coefficient (Wildman–Crippen LogP) is 2.67. The molecule has 1 aliphatic rings. The number of amides is 2. The molecule has 1 aliphatic carbocycles. The number of benzene rings is 1. The Morgan fingerprint density at radius 2 is 1.91 bits per heavy atom. The van der Waals surface area contributed by atoms with E-state index in [4.69, 9.17) is 11.6 Å². The molecule has 124 valence electrons. The Bertz CT molecular complexity index is 653. The van der Waals surface area contributed by atoms with Crippen molar-refractivity contribution in [2.45, 2.75) is 38.6 Å². The fourth-order valence-electron chi connectivity index (χ4n) is 2.27. The Balaban J connectivity index is 2.19. The van der Waals surface area contributed by atoms with Crippen LogP contribution < -0.4 is 10.6 Å². The van der Waals surface area contributed by atoms with Crippen LogP contribution in [0.25, 0.3) is 0 Å². The number of nitrogens with one attached hydrogen (secondary N) is 2. The van der Waals surface area contributed by atoms with E-state index in [1.165, 1.54) is 12.1 Å². The van der Waals surface area contributed by atoms with Crippen LogP contribution in [0.2, 0.25) is 5.02 Å². The van der Waals surface area contributed by atoms with E-state index in [0.717, 1.165) is 6.42 Å². The molecule has 6 nitrogen and oxygen atoms in total. The molecule has 0 radical (unpaired) electrons. The van der Waals surface area contributed by atoms with Gasteiger partial charge in [0.1, 0.15) is 5.54 Å². The van der Waals surface area contributed by atoms with E-state index in [0.29, 0.717) is 18.5 Å². The first kappa shape index (κ1) is 17.3. The molecule has 0 unspecified atom stereocenters. The van der Waals surface area contributed by atoms with Crippen LogP contribution in [0.4, 0.5) is 5.69 Å². The zero-order chi connectivity index (χ0) is 17.2. The van der Waals surface area contributed by atoms with Crippen molar-refractivity contribution in [2.75, 3.05) is 5.32 Å². The molecule has 7 heteroatoms. The number of halogens is 1. The largest absolute Gasteiger partial charge is 0.480 e. The Morgan fingerprint density at radius 1 is 1.26 bits per heavy atom. The molecule has 1 aromatic carbocycles. The van der Waals surface area contributed by atoms with Crippen molar-refractivity contribution in [3.8, 4) is 0 Å². The third-order valence-electron chi connectivity index (χ3n) is 3.97. The Hall–Kier alpha value is -2.08. The van der Waals surface area contributed by atoms with Crippen LogP contribution >= 0.6 is 11.6 Å². The van der Waals surface area contributed by atoms with Gasteiger partial charge in [-0.05, 0) is 37.5 Å². The van der Waals surface area contributed by atoms with Crippen LogP contribution in [-0.2, 0) is 9.59 Å². The van der Waals surface area contributed by atoms with E-state index in [9.17, 15) is 19.5 Å². The molecule has 0 aromatic heterocycles. The molecular weight excluding hydrogens is 320 g/mol. The van der Waals surface area contributed by atoms with Gasteiger partial charge in [0.2, 0.25) is 5.91 Å². The molecule has 23 heavy (non-hydrogen) atoms. The fourth-order valence-corrected chi connectivity index (χ4v) is 2.47. The molecule has 0 heterocycles. The van der Waals surface area contributed by atoms with Crippen molar-refractivity contribution >= 4 is 35.1 Å². The number of hydrogen-bond acceptors (Lipinski definition) is 3. The van der Waals surface area contributed by atoms with Crippen molar-refractivity contribution in [1.29, 1.82) is 0 Å². The van der Waals surface area contributed by atoms with Gasteiger partial charge in [0.05, 0.1) is 10.6 Å². The third-order valence-corrected chi connectivity index (χ3v) is 4.30. The highest BCUT2D eigenvalue weighted by atomic mass is 35.5. The lowest BCUT2D eigenvalue weighted by Gasteiger charge is -2.38. The number of carboxylic acids is 1. The van der Waals surface area contributed by atoms with Crippen molar-refractivity contribution in [3.63, 3.8) is 0 Å². The topological polar surface area (TPSA) is 95.5 Å². The smallest absolute Gasteiger partial charge is 0.329 e. The van der Waals surface area contributed by atoms with Crippen LogP contribution in [0.15, 0.2) is 18.2 Å². The summed E-state index contributed by atoms with van der Waals surface area (Å²) in [6, 6.07) is 4.54. The molecule has 0 spiro atoms. The van der Waals surface area contributed by atoms with Gasteiger partial charge in [-0.15, -0.1) is 0 Å². The molecule has 2 rings (SSSR count). The molecule has 0 aliphatic heterocycles. The normalized spacial score (nSPS) is 15.7. The highest BCUT2D eigenvalue weighted by molar-refractivity contribution is 6.34. The SMILES string of the molecule is CC(C)C(=O)Nc1ccc(Cl)c(C(=O)NC2(C(=O)O)CCC2)c1. The molecule has 1 aromatic rings. The van der Waals surface area contributed by atoms with Gasteiger partial charge in [0, 0.05) is 11.6 Å². The molecule has 3 N–H and O–H groups in total. The number of anilines is 1. The second-order valence-corrected chi connectivity index (χ2v) is 6.44. The van der Waals surface area contributed by atoms with Crippen LogP contribution in [0.1, 0.15) is 43.5 Å². The molecule has 0 saturated heterocycles. The minimum absolute atomic E-state index is 0.140. The van der Waals surface area contributed by atoms with Crippen molar-refractivity contribution < 1.29 is 19.5 Å². The maximum atomic E-state index is 12.4. The maximum Gasteiger partial charge on any atom is 0.329 e. The first-order valence-corrected chi connectivity index (χ1v) is 7.79. The van der Waals surface area contributed by atoms with E-state index in [1.54, 1.807) is 19.9 Å². The van der Waals surface area contributed by atoms with Crippen LogP contribution in [0, 0.1) is 5.92 Å². The summed E-state index contributed by atoms with van der Waals surface area (Å²) in [6.45, 7) is 3.51. The monoisotopic (exact) mass is 338 g/mol. The summed E-state index contributed by atoms with van der Waals surface area (Å²) in [7, 11) is 0.